The van der Waals surface area contributed by atoms with Crippen LogP contribution in [0.3, 0.4) is 0 Å². The van der Waals surface area contributed by atoms with Crippen molar-refractivity contribution >= 4 is 6.08 Å². The third-order valence-electron chi connectivity index (χ3n) is 2.43. The number of aromatic nitrogens is 2. The average molecular weight is 193 g/mol. The first-order valence-electron chi connectivity index (χ1n) is 5.04. The Hall–Kier alpha value is -1.09. The number of likely N-dealkylation sites (N-methyl/N-ethyl adjacent to an activating group) is 1. The van der Waals surface area contributed by atoms with E-state index in [-0.39, 0.29) is 0 Å². The Morgan fingerprint density at radius 1 is 1.71 bits per heavy atom. The maximum Gasteiger partial charge on any atom is 0.0606 e. The van der Waals surface area contributed by atoms with Crippen molar-refractivity contribution in [1.82, 2.24) is 15.1 Å². The summed E-state index contributed by atoms with van der Waals surface area (Å²) in [5, 5.41) is 7.51. The third kappa shape index (κ3) is 2.70. The molecule has 0 fully saturated rings. The standard InChI is InChI=1S/C11H19N3/c1-5-12-10(3)9(2)8-11-6-7-13-14(11)4/h6-8,10,12H,5H2,1-4H3. The van der Waals surface area contributed by atoms with Gasteiger partial charge in [0.05, 0.1) is 5.69 Å². The summed E-state index contributed by atoms with van der Waals surface area (Å²) in [5.74, 6) is 0. The predicted octanol–water partition coefficient (Wildman–Crippen LogP) is 1.82. The lowest BCUT2D eigenvalue weighted by atomic mass is 10.1. The summed E-state index contributed by atoms with van der Waals surface area (Å²) in [6, 6.07) is 2.44. The van der Waals surface area contributed by atoms with Crippen molar-refractivity contribution in [2.45, 2.75) is 26.8 Å². The molecule has 1 aromatic heterocycles. The third-order valence-corrected chi connectivity index (χ3v) is 2.43. The van der Waals surface area contributed by atoms with Crippen molar-refractivity contribution in [2.75, 3.05) is 6.54 Å². The van der Waals surface area contributed by atoms with Crippen LogP contribution in [0.25, 0.3) is 6.08 Å². The zero-order valence-corrected chi connectivity index (χ0v) is 9.41. The molecule has 0 aromatic carbocycles. The molecule has 0 spiro atoms. The Bertz CT molecular complexity index is 312. The van der Waals surface area contributed by atoms with Crippen molar-refractivity contribution in [2.24, 2.45) is 7.05 Å². The van der Waals surface area contributed by atoms with Gasteiger partial charge >= 0.3 is 0 Å². The van der Waals surface area contributed by atoms with Gasteiger partial charge in [-0.3, -0.25) is 4.68 Å². The van der Waals surface area contributed by atoms with E-state index >= 15 is 0 Å². The van der Waals surface area contributed by atoms with Crippen LogP contribution in [0.1, 0.15) is 26.5 Å². The van der Waals surface area contributed by atoms with E-state index < -0.39 is 0 Å². The van der Waals surface area contributed by atoms with Gasteiger partial charge in [-0.05, 0) is 32.5 Å². The summed E-state index contributed by atoms with van der Waals surface area (Å²) in [5.41, 5.74) is 2.47. The van der Waals surface area contributed by atoms with E-state index in [1.807, 2.05) is 24.0 Å². The van der Waals surface area contributed by atoms with Crippen LogP contribution < -0.4 is 5.32 Å². The Balaban J connectivity index is 2.73. The number of nitrogens with one attached hydrogen (secondary N) is 1. The lowest BCUT2D eigenvalue weighted by Gasteiger charge is -2.12. The highest BCUT2D eigenvalue weighted by Gasteiger charge is 2.02. The molecule has 1 heterocycles. The summed E-state index contributed by atoms with van der Waals surface area (Å²) in [7, 11) is 1.96. The summed E-state index contributed by atoms with van der Waals surface area (Å²) in [6.45, 7) is 7.43. The van der Waals surface area contributed by atoms with Crippen LogP contribution >= 0.6 is 0 Å². The maximum absolute atomic E-state index is 4.13. The van der Waals surface area contributed by atoms with Crippen molar-refractivity contribution in [3.63, 3.8) is 0 Å². The van der Waals surface area contributed by atoms with Gasteiger partial charge in [-0.25, -0.2) is 0 Å². The molecule has 1 unspecified atom stereocenters. The smallest absolute Gasteiger partial charge is 0.0606 e. The second-order valence-corrected chi connectivity index (χ2v) is 3.55. The zero-order chi connectivity index (χ0) is 10.6. The Kier molecular flexibility index (Phi) is 3.89. The molecule has 0 aliphatic carbocycles. The topological polar surface area (TPSA) is 29.9 Å². The molecule has 78 valence electrons. The van der Waals surface area contributed by atoms with Crippen LogP contribution in [0.4, 0.5) is 0 Å². The summed E-state index contributed by atoms with van der Waals surface area (Å²) >= 11 is 0. The number of hydrogen-bond donors (Lipinski definition) is 1. The zero-order valence-electron chi connectivity index (χ0n) is 9.41. The van der Waals surface area contributed by atoms with Gasteiger partial charge in [-0.15, -0.1) is 0 Å². The Morgan fingerprint density at radius 3 is 2.93 bits per heavy atom. The fourth-order valence-corrected chi connectivity index (χ4v) is 1.35. The van der Waals surface area contributed by atoms with E-state index in [0.717, 1.165) is 12.2 Å². The molecular formula is C11H19N3. The van der Waals surface area contributed by atoms with Crippen LogP contribution in [0, 0.1) is 0 Å². The molecule has 0 aliphatic rings. The molecule has 1 aromatic rings. The largest absolute Gasteiger partial charge is 0.311 e. The number of rotatable bonds is 4. The molecule has 0 amide bonds. The van der Waals surface area contributed by atoms with E-state index in [1.165, 1.54) is 5.57 Å². The maximum atomic E-state index is 4.13. The minimum atomic E-state index is 0.426. The molecule has 1 atom stereocenters. The normalized spacial score (nSPS) is 14.4. The first-order valence-corrected chi connectivity index (χ1v) is 5.04. The van der Waals surface area contributed by atoms with Gasteiger partial charge < -0.3 is 5.32 Å². The summed E-state index contributed by atoms with van der Waals surface area (Å²) < 4.78 is 1.88. The van der Waals surface area contributed by atoms with E-state index in [4.69, 9.17) is 0 Å². The van der Waals surface area contributed by atoms with Gasteiger partial charge in [0.15, 0.2) is 0 Å². The molecule has 1 N–H and O–H groups in total. The molecule has 0 saturated carbocycles. The second-order valence-electron chi connectivity index (χ2n) is 3.55. The Morgan fingerprint density at radius 2 is 2.43 bits per heavy atom. The minimum Gasteiger partial charge on any atom is -0.311 e. The average Bonchev–Trinajstić information content (AvgIpc) is 2.52. The Labute approximate surface area is 85.8 Å². The number of nitrogens with zero attached hydrogens (tertiary/aromatic N) is 2. The highest BCUT2D eigenvalue weighted by atomic mass is 15.2. The van der Waals surface area contributed by atoms with Gasteiger partial charge in [-0.1, -0.05) is 12.5 Å². The molecule has 3 heteroatoms. The van der Waals surface area contributed by atoms with Gasteiger partial charge in [0.25, 0.3) is 0 Å². The van der Waals surface area contributed by atoms with E-state index in [0.29, 0.717) is 6.04 Å². The first-order chi connectivity index (χ1) is 6.65. The summed E-state index contributed by atoms with van der Waals surface area (Å²) in [4.78, 5) is 0. The van der Waals surface area contributed by atoms with Gasteiger partial charge in [0.1, 0.15) is 0 Å². The highest BCUT2D eigenvalue weighted by molar-refractivity contribution is 5.49. The van der Waals surface area contributed by atoms with Crippen molar-refractivity contribution < 1.29 is 0 Å². The molecule has 0 radical (unpaired) electrons. The minimum absolute atomic E-state index is 0.426. The van der Waals surface area contributed by atoms with E-state index in [9.17, 15) is 0 Å². The molecule has 3 nitrogen and oxygen atoms in total. The van der Waals surface area contributed by atoms with E-state index in [2.05, 4.69) is 37.3 Å². The molecule has 0 bridgehead atoms. The van der Waals surface area contributed by atoms with E-state index in [1.54, 1.807) is 0 Å². The molecule has 1 rings (SSSR count). The number of hydrogen-bond acceptors (Lipinski definition) is 2. The lowest BCUT2D eigenvalue weighted by molar-refractivity contribution is 0.635. The quantitative estimate of drug-likeness (QED) is 0.790. The van der Waals surface area contributed by atoms with Crippen LogP contribution in [0.5, 0.6) is 0 Å². The second kappa shape index (κ2) is 4.96. The van der Waals surface area contributed by atoms with Gasteiger partial charge in [0.2, 0.25) is 0 Å². The molecule has 14 heavy (non-hydrogen) atoms. The highest BCUT2D eigenvalue weighted by Crippen LogP contribution is 2.08. The SMILES string of the molecule is CCNC(C)C(C)=Cc1ccnn1C. The van der Waals surface area contributed by atoms with Crippen LogP contribution in [-0.2, 0) is 7.05 Å². The van der Waals surface area contributed by atoms with Crippen molar-refractivity contribution in [3.05, 3.63) is 23.5 Å². The summed E-state index contributed by atoms with van der Waals surface area (Å²) in [6.07, 6.45) is 3.98. The lowest BCUT2D eigenvalue weighted by Crippen LogP contribution is -2.26. The fraction of sp³-hybridized carbons (Fsp3) is 0.545. The van der Waals surface area contributed by atoms with Gasteiger partial charge in [0, 0.05) is 19.3 Å². The predicted molar refractivity (Wildman–Crippen MR) is 60.0 cm³/mol. The molecule has 0 saturated heterocycles. The monoisotopic (exact) mass is 193 g/mol. The van der Waals surface area contributed by atoms with Crippen molar-refractivity contribution in [1.29, 1.82) is 0 Å². The van der Waals surface area contributed by atoms with Crippen LogP contribution in [-0.4, -0.2) is 22.4 Å². The van der Waals surface area contributed by atoms with Crippen LogP contribution in [0.2, 0.25) is 0 Å². The fourth-order valence-electron chi connectivity index (χ4n) is 1.35. The first kappa shape index (κ1) is 11.0. The number of aryl methyl sites for hydroxylation is 1. The van der Waals surface area contributed by atoms with Gasteiger partial charge in [-0.2, -0.15) is 5.10 Å². The molecule has 0 aliphatic heterocycles. The van der Waals surface area contributed by atoms with Crippen molar-refractivity contribution in [3.8, 4) is 0 Å². The molecular weight excluding hydrogens is 174 g/mol. The van der Waals surface area contributed by atoms with Crippen LogP contribution in [0.15, 0.2) is 17.8 Å².